The molecule has 0 aromatic rings. The molecule has 2 saturated heterocycles. The number of hydrogen-bond donors (Lipinski definition) is 1. The number of methoxy groups -OCH3 is 1. The molecule has 2 aliphatic heterocycles. The highest BCUT2D eigenvalue weighted by Crippen LogP contribution is 2.19. The fraction of sp³-hybridized carbons (Fsp3) is 0.867. The van der Waals surface area contributed by atoms with Gasteiger partial charge in [0.1, 0.15) is 6.04 Å². The Kier molecular flexibility index (Phi) is 5.99. The van der Waals surface area contributed by atoms with Crippen LogP contribution < -0.4 is 0 Å². The quantitative estimate of drug-likeness (QED) is 0.763. The highest BCUT2D eigenvalue weighted by atomic mass is 16.5. The number of aliphatic hydroxyl groups excluding tert-OH is 1. The molecule has 0 spiro atoms. The van der Waals surface area contributed by atoms with Crippen LogP contribution in [0, 0.1) is 0 Å². The van der Waals surface area contributed by atoms with Crippen LogP contribution in [0.25, 0.3) is 0 Å². The van der Waals surface area contributed by atoms with Crippen molar-refractivity contribution in [2.24, 2.45) is 0 Å². The van der Waals surface area contributed by atoms with Crippen molar-refractivity contribution in [2.75, 3.05) is 33.3 Å². The van der Waals surface area contributed by atoms with Gasteiger partial charge in [-0.1, -0.05) is 19.3 Å². The molecule has 1 amide bonds. The maximum Gasteiger partial charge on any atom is 0.323 e. The highest BCUT2D eigenvalue weighted by molar-refractivity contribution is 5.81. The van der Waals surface area contributed by atoms with Crippen molar-refractivity contribution in [1.29, 1.82) is 0 Å². The Morgan fingerprint density at radius 3 is 2.38 bits per heavy atom. The Bertz CT molecular complexity index is 367. The van der Waals surface area contributed by atoms with E-state index in [1.54, 1.807) is 4.90 Å². The van der Waals surface area contributed by atoms with E-state index in [0.717, 1.165) is 25.9 Å². The molecule has 6 nitrogen and oxygen atoms in total. The van der Waals surface area contributed by atoms with Crippen molar-refractivity contribution in [1.82, 2.24) is 9.80 Å². The first-order chi connectivity index (χ1) is 10.1. The van der Waals surface area contributed by atoms with Crippen LogP contribution >= 0.6 is 0 Å². The first-order valence-electron chi connectivity index (χ1n) is 7.89. The van der Waals surface area contributed by atoms with E-state index in [2.05, 4.69) is 0 Å². The average Bonchev–Trinajstić information content (AvgIpc) is 2.78. The number of aliphatic hydroxyl groups is 1. The van der Waals surface area contributed by atoms with Crippen LogP contribution in [-0.2, 0) is 14.3 Å². The third kappa shape index (κ3) is 4.41. The fourth-order valence-corrected chi connectivity index (χ4v) is 3.21. The van der Waals surface area contributed by atoms with Gasteiger partial charge in [0.15, 0.2) is 0 Å². The first kappa shape index (κ1) is 16.2. The van der Waals surface area contributed by atoms with Gasteiger partial charge < -0.3 is 14.7 Å². The second kappa shape index (κ2) is 7.75. The topological polar surface area (TPSA) is 70.1 Å². The van der Waals surface area contributed by atoms with Gasteiger partial charge in [0.2, 0.25) is 5.91 Å². The molecule has 2 aliphatic rings. The Morgan fingerprint density at radius 1 is 1.14 bits per heavy atom. The highest BCUT2D eigenvalue weighted by Gasteiger charge is 2.38. The van der Waals surface area contributed by atoms with E-state index >= 15 is 0 Å². The summed E-state index contributed by atoms with van der Waals surface area (Å²) >= 11 is 0. The third-order valence-corrected chi connectivity index (χ3v) is 4.40. The Balaban J connectivity index is 1.91. The molecule has 6 heteroatoms. The molecule has 2 fully saturated rings. The lowest BCUT2D eigenvalue weighted by Crippen LogP contribution is -2.45. The molecule has 2 heterocycles. The summed E-state index contributed by atoms with van der Waals surface area (Å²) in [6.07, 6.45) is 5.50. The van der Waals surface area contributed by atoms with E-state index in [9.17, 15) is 14.7 Å². The molecule has 0 saturated carbocycles. The maximum absolute atomic E-state index is 12.4. The predicted octanol–water partition coefficient (Wildman–Crippen LogP) is 0.387. The van der Waals surface area contributed by atoms with Crippen LogP contribution in [0.5, 0.6) is 0 Å². The van der Waals surface area contributed by atoms with Crippen molar-refractivity contribution < 1.29 is 19.4 Å². The Labute approximate surface area is 126 Å². The number of esters is 1. The summed E-state index contributed by atoms with van der Waals surface area (Å²) in [4.78, 5) is 27.8. The fourth-order valence-electron chi connectivity index (χ4n) is 3.21. The van der Waals surface area contributed by atoms with Gasteiger partial charge in [-0.25, -0.2) is 0 Å². The number of carbonyl (C=O) groups is 2. The molecule has 120 valence electrons. The van der Waals surface area contributed by atoms with Crippen LogP contribution in [0.15, 0.2) is 0 Å². The molecule has 0 aromatic carbocycles. The van der Waals surface area contributed by atoms with Gasteiger partial charge in [0.05, 0.1) is 19.8 Å². The molecule has 0 radical (unpaired) electrons. The van der Waals surface area contributed by atoms with Gasteiger partial charge in [-0.05, 0) is 12.8 Å². The third-order valence-electron chi connectivity index (χ3n) is 4.40. The summed E-state index contributed by atoms with van der Waals surface area (Å²) in [6.45, 7) is 2.16. The number of rotatable bonds is 3. The number of ether oxygens (including phenoxy) is 1. The lowest BCUT2D eigenvalue weighted by atomic mass is 10.1. The molecule has 2 rings (SSSR count). The van der Waals surface area contributed by atoms with Gasteiger partial charge >= 0.3 is 5.97 Å². The van der Waals surface area contributed by atoms with Crippen molar-refractivity contribution in [3.8, 4) is 0 Å². The summed E-state index contributed by atoms with van der Waals surface area (Å²) in [7, 11) is 1.34. The van der Waals surface area contributed by atoms with Gasteiger partial charge in [-0.15, -0.1) is 0 Å². The smallest absolute Gasteiger partial charge is 0.323 e. The lowest BCUT2D eigenvalue weighted by Gasteiger charge is -2.28. The van der Waals surface area contributed by atoms with E-state index in [1.165, 1.54) is 26.4 Å². The van der Waals surface area contributed by atoms with Crippen LogP contribution in [0.1, 0.15) is 38.5 Å². The van der Waals surface area contributed by atoms with Crippen molar-refractivity contribution in [3.63, 3.8) is 0 Å². The van der Waals surface area contributed by atoms with Gasteiger partial charge in [-0.3, -0.25) is 14.5 Å². The zero-order chi connectivity index (χ0) is 15.2. The molecule has 0 bridgehead atoms. The monoisotopic (exact) mass is 298 g/mol. The van der Waals surface area contributed by atoms with Crippen molar-refractivity contribution in [3.05, 3.63) is 0 Å². The number of carbonyl (C=O) groups excluding carboxylic acids is 2. The average molecular weight is 298 g/mol. The summed E-state index contributed by atoms with van der Waals surface area (Å²) < 4.78 is 4.76. The standard InChI is InChI=1S/C15H26N2O4/c1-21-15(20)13-9-12(18)10-17(13)11-14(19)16-7-5-3-2-4-6-8-16/h12-13,18H,2-11H2,1H3. The van der Waals surface area contributed by atoms with E-state index < -0.39 is 12.1 Å². The van der Waals surface area contributed by atoms with Crippen LogP contribution in [0.3, 0.4) is 0 Å². The van der Waals surface area contributed by atoms with Crippen molar-refractivity contribution >= 4 is 11.9 Å². The zero-order valence-corrected chi connectivity index (χ0v) is 12.8. The summed E-state index contributed by atoms with van der Waals surface area (Å²) in [5.41, 5.74) is 0. The second-order valence-corrected chi connectivity index (χ2v) is 6.01. The normalized spacial score (nSPS) is 28.0. The zero-order valence-electron chi connectivity index (χ0n) is 12.8. The molecule has 21 heavy (non-hydrogen) atoms. The number of likely N-dealkylation sites (tertiary alicyclic amines) is 2. The molecular formula is C15H26N2O4. The first-order valence-corrected chi connectivity index (χ1v) is 7.89. The predicted molar refractivity (Wildman–Crippen MR) is 77.7 cm³/mol. The van der Waals surface area contributed by atoms with Crippen LogP contribution in [-0.4, -0.2) is 72.2 Å². The molecule has 1 N–H and O–H groups in total. The molecule has 2 unspecified atom stereocenters. The number of nitrogens with zero attached hydrogens (tertiary/aromatic N) is 2. The minimum absolute atomic E-state index is 0.0555. The number of β-amino-alcohol motifs (C(OH)–C–C–N with tert-alkyl or cyclic N) is 1. The minimum atomic E-state index is -0.561. The number of hydrogen-bond acceptors (Lipinski definition) is 5. The van der Waals surface area contributed by atoms with Gasteiger partial charge in [0, 0.05) is 26.1 Å². The van der Waals surface area contributed by atoms with E-state index in [1.807, 2.05) is 4.90 Å². The summed E-state index contributed by atoms with van der Waals surface area (Å²) in [5.74, 6) is -0.313. The molecular weight excluding hydrogens is 272 g/mol. The van der Waals surface area contributed by atoms with Crippen LogP contribution in [0.2, 0.25) is 0 Å². The van der Waals surface area contributed by atoms with E-state index in [4.69, 9.17) is 4.74 Å². The minimum Gasteiger partial charge on any atom is -0.468 e. The summed E-state index contributed by atoms with van der Waals surface area (Å²) in [5, 5.41) is 9.75. The Hall–Kier alpha value is -1.14. The Morgan fingerprint density at radius 2 is 1.76 bits per heavy atom. The van der Waals surface area contributed by atoms with Crippen LogP contribution in [0.4, 0.5) is 0 Å². The second-order valence-electron chi connectivity index (χ2n) is 6.01. The summed E-state index contributed by atoms with van der Waals surface area (Å²) in [6, 6.07) is -0.497. The lowest BCUT2D eigenvalue weighted by molar-refractivity contribution is -0.146. The van der Waals surface area contributed by atoms with Crippen molar-refractivity contribution in [2.45, 2.75) is 50.7 Å². The maximum atomic E-state index is 12.4. The van der Waals surface area contributed by atoms with Gasteiger partial charge in [-0.2, -0.15) is 0 Å². The largest absolute Gasteiger partial charge is 0.468 e. The number of amides is 1. The molecule has 0 aromatic heterocycles. The molecule has 0 aliphatic carbocycles. The van der Waals surface area contributed by atoms with E-state index in [0.29, 0.717) is 13.0 Å². The van der Waals surface area contributed by atoms with E-state index in [-0.39, 0.29) is 18.4 Å². The SMILES string of the molecule is COC(=O)C1CC(O)CN1CC(=O)N1CCCCCCC1. The molecule has 2 atom stereocenters. The van der Waals surface area contributed by atoms with Gasteiger partial charge in [0.25, 0.3) is 0 Å².